The molecule has 0 N–H and O–H groups in total. The minimum Gasteiger partial charge on any atom is -0.490 e. The van der Waals surface area contributed by atoms with Crippen LogP contribution >= 0.6 is 11.6 Å². The number of aryl methyl sites for hydroxylation is 1. The maximum Gasteiger partial charge on any atom is 0.336 e. The minimum absolute atomic E-state index is 0.127. The van der Waals surface area contributed by atoms with E-state index in [9.17, 15) is 9.59 Å². The van der Waals surface area contributed by atoms with Crippen molar-refractivity contribution in [2.45, 2.75) is 20.5 Å². The second-order valence-corrected chi connectivity index (χ2v) is 6.14. The zero-order chi connectivity index (χ0) is 18.7. The molecule has 0 spiro atoms. The molecule has 0 unspecified atom stereocenters. The highest BCUT2D eigenvalue weighted by Crippen LogP contribution is 2.30. The van der Waals surface area contributed by atoms with E-state index in [2.05, 4.69) is 0 Å². The van der Waals surface area contributed by atoms with Crippen LogP contribution in [0.25, 0.3) is 11.0 Å². The van der Waals surface area contributed by atoms with E-state index in [4.69, 9.17) is 25.5 Å². The molecular formula is C20H17ClO5. The zero-order valence-electron chi connectivity index (χ0n) is 14.4. The van der Waals surface area contributed by atoms with Crippen LogP contribution in [0.2, 0.25) is 5.02 Å². The minimum atomic E-state index is -0.459. The highest BCUT2D eigenvalue weighted by Gasteiger charge is 2.11. The Hall–Kier alpha value is -2.79. The normalized spacial score (nSPS) is 10.7. The summed E-state index contributed by atoms with van der Waals surface area (Å²) in [6, 6.07) is 9.79. The molecule has 0 saturated heterocycles. The number of benzene rings is 2. The zero-order valence-corrected chi connectivity index (χ0v) is 15.1. The number of hydrogen-bond acceptors (Lipinski definition) is 5. The SMILES string of the molecule is CCOc1cc(C=O)ccc1OCc1cc(=O)oc2cc(C)c(Cl)cc12. The van der Waals surface area contributed by atoms with Gasteiger partial charge in [0.1, 0.15) is 18.5 Å². The lowest BCUT2D eigenvalue weighted by Gasteiger charge is -2.13. The number of fused-ring (bicyclic) bond motifs is 1. The van der Waals surface area contributed by atoms with Crippen LogP contribution in [-0.2, 0) is 6.61 Å². The molecule has 6 heteroatoms. The largest absolute Gasteiger partial charge is 0.490 e. The fourth-order valence-electron chi connectivity index (χ4n) is 2.61. The fraction of sp³-hybridized carbons (Fsp3) is 0.200. The van der Waals surface area contributed by atoms with E-state index in [1.165, 1.54) is 6.07 Å². The first kappa shape index (κ1) is 18.0. The van der Waals surface area contributed by atoms with E-state index in [0.29, 0.717) is 45.2 Å². The van der Waals surface area contributed by atoms with Crippen molar-refractivity contribution in [3.63, 3.8) is 0 Å². The van der Waals surface area contributed by atoms with Gasteiger partial charge in [-0.15, -0.1) is 0 Å². The Morgan fingerprint density at radius 2 is 1.92 bits per heavy atom. The second-order valence-electron chi connectivity index (χ2n) is 5.73. The summed E-state index contributed by atoms with van der Waals surface area (Å²) in [5.41, 5.74) is 1.97. The summed E-state index contributed by atoms with van der Waals surface area (Å²) in [6.45, 7) is 4.25. The molecule has 0 bridgehead atoms. The molecule has 2 aromatic carbocycles. The molecule has 0 aliphatic carbocycles. The number of aldehydes is 1. The van der Waals surface area contributed by atoms with Crippen LogP contribution in [0.15, 0.2) is 45.6 Å². The molecule has 0 saturated carbocycles. The van der Waals surface area contributed by atoms with Gasteiger partial charge in [-0.05, 0) is 49.7 Å². The molecule has 1 aromatic heterocycles. The maximum absolute atomic E-state index is 11.8. The number of hydrogen-bond donors (Lipinski definition) is 0. The molecule has 0 fully saturated rings. The molecule has 3 aromatic rings. The first-order chi connectivity index (χ1) is 12.5. The van der Waals surface area contributed by atoms with Crippen molar-refractivity contribution < 1.29 is 18.7 Å². The van der Waals surface area contributed by atoms with Crippen LogP contribution in [-0.4, -0.2) is 12.9 Å². The van der Waals surface area contributed by atoms with E-state index in [-0.39, 0.29) is 6.61 Å². The Kier molecular flexibility index (Phi) is 5.28. The lowest BCUT2D eigenvalue weighted by atomic mass is 10.1. The molecule has 0 aliphatic heterocycles. The van der Waals surface area contributed by atoms with Crippen molar-refractivity contribution in [3.8, 4) is 11.5 Å². The topological polar surface area (TPSA) is 65.7 Å². The van der Waals surface area contributed by atoms with Crippen LogP contribution in [0.1, 0.15) is 28.4 Å². The molecular weight excluding hydrogens is 356 g/mol. The summed E-state index contributed by atoms with van der Waals surface area (Å²) in [6.07, 6.45) is 0.743. The highest BCUT2D eigenvalue weighted by atomic mass is 35.5. The molecule has 0 atom stereocenters. The van der Waals surface area contributed by atoms with Crippen LogP contribution in [0.4, 0.5) is 0 Å². The number of halogens is 1. The molecule has 26 heavy (non-hydrogen) atoms. The number of carbonyl (C=O) groups is 1. The van der Waals surface area contributed by atoms with Gasteiger partial charge >= 0.3 is 5.63 Å². The number of ether oxygens (including phenoxy) is 2. The summed E-state index contributed by atoms with van der Waals surface area (Å²) >= 11 is 6.20. The van der Waals surface area contributed by atoms with Crippen molar-refractivity contribution in [1.82, 2.24) is 0 Å². The molecule has 134 valence electrons. The van der Waals surface area contributed by atoms with Gasteiger partial charge in [-0.25, -0.2) is 4.79 Å². The predicted molar refractivity (Wildman–Crippen MR) is 99.6 cm³/mol. The average molecular weight is 373 g/mol. The van der Waals surface area contributed by atoms with E-state index >= 15 is 0 Å². The fourth-order valence-corrected chi connectivity index (χ4v) is 2.77. The summed E-state index contributed by atoms with van der Waals surface area (Å²) in [7, 11) is 0. The van der Waals surface area contributed by atoms with E-state index in [1.54, 1.807) is 30.3 Å². The Morgan fingerprint density at radius 1 is 1.12 bits per heavy atom. The van der Waals surface area contributed by atoms with E-state index in [1.807, 2.05) is 13.8 Å². The Balaban J connectivity index is 1.96. The molecule has 3 rings (SSSR count). The van der Waals surface area contributed by atoms with Gasteiger partial charge in [0.2, 0.25) is 0 Å². The van der Waals surface area contributed by atoms with Crippen molar-refractivity contribution in [3.05, 3.63) is 68.5 Å². The number of rotatable bonds is 6. The summed E-state index contributed by atoms with van der Waals surface area (Å²) in [4.78, 5) is 22.8. The van der Waals surface area contributed by atoms with Gasteiger partial charge in [0.25, 0.3) is 0 Å². The summed E-state index contributed by atoms with van der Waals surface area (Å²) in [5.74, 6) is 0.954. The Labute approximate surface area is 155 Å². The monoisotopic (exact) mass is 372 g/mol. The van der Waals surface area contributed by atoms with Crippen molar-refractivity contribution in [1.29, 1.82) is 0 Å². The Morgan fingerprint density at radius 3 is 2.65 bits per heavy atom. The van der Waals surface area contributed by atoms with Gasteiger partial charge < -0.3 is 13.9 Å². The van der Waals surface area contributed by atoms with Crippen LogP contribution in [0, 0.1) is 6.92 Å². The lowest BCUT2D eigenvalue weighted by Crippen LogP contribution is -2.05. The molecule has 0 aliphatic rings. The third kappa shape index (κ3) is 3.73. The number of carbonyl (C=O) groups excluding carboxylic acids is 1. The molecule has 0 amide bonds. The summed E-state index contributed by atoms with van der Waals surface area (Å²) in [5, 5.41) is 1.29. The van der Waals surface area contributed by atoms with Crippen LogP contribution in [0.3, 0.4) is 0 Å². The van der Waals surface area contributed by atoms with Gasteiger partial charge in [-0.3, -0.25) is 4.79 Å². The van der Waals surface area contributed by atoms with Crippen molar-refractivity contribution in [2.24, 2.45) is 0 Å². The van der Waals surface area contributed by atoms with Gasteiger partial charge in [-0.1, -0.05) is 11.6 Å². The molecule has 0 radical (unpaired) electrons. The van der Waals surface area contributed by atoms with Gasteiger partial charge in [0.05, 0.1) is 6.61 Å². The average Bonchev–Trinajstić information content (AvgIpc) is 2.62. The Bertz CT molecular complexity index is 1020. The predicted octanol–water partition coefficient (Wildman–Crippen LogP) is 4.55. The van der Waals surface area contributed by atoms with Gasteiger partial charge in [-0.2, -0.15) is 0 Å². The quantitative estimate of drug-likeness (QED) is 0.469. The molecule has 5 nitrogen and oxygen atoms in total. The van der Waals surface area contributed by atoms with Crippen LogP contribution in [0.5, 0.6) is 11.5 Å². The molecule has 1 heterocycles. The van der Waals surface area contributed by atoms with E-state index in [0.717, 1.165) is 11.8 Å². The highest BCUT2D eigenvalue weighted by molar-refractivity contribution is 6.32. The third-order valence-corrected chi connectivity index (χ3v) is 4.30. The summed E-state index contributed by atoms with van der Waals surface area (Å²) < 4.78 is 16.6. The van der Waals surface area contributed by atoms with Crippen molar-refractivity contribution in [2.75, 3.05) is 6.61 Å². The first-order valence-corrected chi connectivity index (χ1v) is 8.47. The third-order valence-electron chi connectivity index (χ3n) is 3.90. The maximum atomic E-state index is 11.8. The van der Waals surface area contributed by atoms with Crippen LogP contribution < -0.4 is 15.1 Å². The van der Waals surface area contributed by atoms with Crippen molar-refractivity contribution >= 4 is 28.9 Å². The second kappa shape index (κ2) is 7.62. The van der Waals surface area contributed by atoms with E-state index < -0.39 is 5.63 Å². The van der Waals surface area contributed by atoms with Gasteiger partial charge in [0.15, 0.2) is 11.5 Å². The standard InChI is InChI=1S/C20H17ClO5/c1-3-24-19-7-13(10-22)4-5-17(19)25-11-14-8-20(23)26-18-6-12(2)16(21)9-15(14)18/h4-10H,3,11H2,1-2H3. The smallest absolute Gasteiger partial charge is 0.336 e. The van der Waals surface area contributed by atoms with Gasteiger partial charge in [0, 0.05) is 27.6 Å². The lowest BCUT2D eigenvalue weighted by molar-refractivity contribution is 0.112. The first-order valence-electron chi connectivity index (χ1n) is 8.09.